The minimum Gasteiger partial charge on any atom is -0.372 e. The Labute approximate surface area is 168 Å². The van der Waals surface area contributed by atoms with Crippen molar-refractivity contribution in [1.82, 2.24) is 10.2 Å². The van der Waals surface area contributed by atoms with Gasteiger partial charge in [0.05, 0.1) is 0 Å². The van der Waals surface area contributed by atoms with Crippen molar-refractivity contribution in [3.8, 4) is 0 Å². The normalized spacial score (nSPS) is 18.8. The van der Waals surface area contributed by atoms with E-state index in [1.165, 1.54) is 18.5 Å². The number of carbonyl (C=O) groups is 2. The summed E-state index contributed by atoms with van der Waals surface area (Å²) in [4.78, 5) is 29.7. The Kier molecular flexibility index (Phi) is 6.60. The Morgan fingerprint density at radius 2 is 1.75 bits per heavy atom. The molecule has 0 atom stereocenters. The number of benzene rings is 1. The third kappa shape index (κ3) is 5.04. The smallest absolute Gasteiger partial charge is 0.240 e. The van der Waals surface area contributed by atoms with Gasteiger partial charge >= 0.3 is 0 Å². The molecule has 1 saturated carbocycles. The van der Waals surface area contributed by atoms with Crippen LogP contribution in [-0.2, 0) is 9.59 Å². The van der Waals surface area contributed by atoms with Crippen molar-refractivity contribution in [3.63, 3.8) is 0 Å². The number of piperidine rings is 1. The molecule has 1 aromatic rings. The van der Waals surface area contributed by atoms with E-state index in [4.69, 9.17) is 0 Å². The predicted octanol–water partition coefficient (Wildman–Crippen LogP) is 2.71. The molecule has 0 aromatic heterocycles. The van der Waals surface area contributed by atoms with Crippen LogP contribution in [0.4, 0.5) is 11.4 Å². The van der Waals surface area contributed by atoms with Gasteiger partial charge in [-0.15, -0.1) is 0 Å². The van der Waals surface area contributed by atoms with E-state index in [1.807, 2.05) is 26.2 Å². The second-order valence-corrected chi connectivity index (χ2v) is 8.67. The Morgan fingerprint density at radius 3 is 2.32 bits per heavy atom. The molecule has 1 aliphatic heterocycles. The quantitative estimate of drug-likeness (QED) is 0.533. The molecule has 2 aliphatic rings. The molecule has 6 heteroatoms. The highest BCUT2D eigenvalue weighted by Crippen LogP contribution is 2.46. The van der Waals surface area contributed by atoms with Crippen LogP contribution in [0.1, 0.15) is 39.0 Å². The van der Waals surface area contributed by atoms with Gasteiger partial charge < -0.3 is 20.4 Å². The zero-order chi connectivity index (χ0) is 20.1. The van der Waals surface area contributed by atoms with Gasteiger partial charge in [0.1, 0.15) is 5.41 Å². The standard InChI is InChI=1S/C22H34N4O2/c1-17-9-15-26(16-10-17)19-7-5-18(6-8-19)24-21(28)22(11-12-22)20(27)23-13-4-14-25(2)3/h5-8,17H,4,9-16H2,1-3H3,(H,23,27)(H,24,28). The minimum atomic E-state index is -0.875. The van der Waals surface area contributed by atoms with Crippen LogP contribution in [0, 0.1) is 11.3 Å². The molecule has 0 spiro atoms. The lowest BCUT2D eigenvalue weighted by molar-refractivity contribution is -0.134. The van der Waals surface area contributed by atoms with Crippen molar-refractivity contribution in [3.05, 3.63) is 24.3 Å². The lowest BCUT2D eigenvalue weighted by Crippen LogP contribution is -2.40. The van der Waals surface area contributed by atoms with Crippen LogP contribution < -0.4 is 15.5 Å². The third-order valence-electron chi connectivity index (χ3n) is 5.96. The summed E-state index contributed by atoms with van der Waals surface area (Å²) >= 11 is 0. The molecule has 6 nitrogen and oxygen atoms in total. The fourth-order valence-corrected chi connectivity index (χ4v) is 3.72. The van der Waals surface area contributed by atoms with Crippen LogP contribution in [0.15, 0.2) is 24.3 Å². The molecule has 0 bridgehead atoms. The first-order valence-electron chi connectivity index (χ1n) is 10.5. The van der Waals surface area contributed by atoms with Crippen LogP contribution in [0.2, 0.25) is 0 Å². The number of hydrogen-bond acceptors (Lipinski definition) is 4. The predicted molar refractivity (Wildman–Crippen MR) is 114 cm³/mol. The molecule has 2 amide bonds. The maximum Gasteiger partial charge on any atom is 0.240 e. The molecule has 0 radical (unpaired) electrons. The zero-order valence-corrected chi connectivity index (χ0v) is 17.5. The molecule has 154 valence electrons. The first-order chi connectivity index (χ1) is 13.4. The molecule has 1 aliphatic carbocycles. The zero-order valence-electron chi connectivity index (χ0n) is 17.5. The van der Waals surface area contributed by atoms with E-state index in [0.717, 1.165) is 37.7 Å². The van der Waals surface area contributed by atoms with Gasteiger partial charge in [-0.3, -0.25) is 9.59 Å². The van der Waals surface area contributed by atoms with Gasteiger partial charge in [-0.2, -0.15) is 0 Å². The fraction of sp³-hybridized carbons (Fsp3) is 0.636. The van der Waals surface area contributed by atoms with Crippen LogP contribution >= 0.6 is 0 Å². The summed E-state index contributed by atoms with van der Waals surface area (Å²) in [6, 6.07) is 8.01. The van der Waals surface area contributed by atoms with Crippen molar-refractivity contribution >= 4 is 23.2 Å². The molecule has 1 saturated heterocycles. The van der Waals surface area contributed by atoms with Crippen molar-refractivity contribution in [2.24, 2.45) is 11.3 Å². The molecule has 1 aromatic carbocycles. The molecule has 1 heterocycles. The summed E-state index contributed by atoms with van der Waals surface area (Å²) in [5, 5.41) is 5.87. The fourth-order valence-electron chi connectivity index (χ4n) is 3.72. The summed E-state index contributed by atoms with van der Waals surface area (Å²) in [6.07, 6.45) is 4.59. The molecule has 3 rings (SSSR count). The highest BCUT2D eigenvalue weighted by molar-refractivity contribution is 6.13. The molecular weight excluding hydrogens is 352 g/mol. The lowest BCUT2D eigenvalue weighted by Gasteiger charge is -2.32. The molecular formula is C22H34N4O2. The SMILES string of the molecule is CC1CCN(c2ccc(NC(=O)C3(C(=O)NCCCN(C)C)CC3)cc2)CC1. The molecule has 2 fully saturated rings. The Morgan fingerprint density at radius 1 is 1.11 bits per heavy atom. The first kappa shape index (κ1) is 20.6. The van der Waals surface area contributed by atoms with Crippen molar-refractivity contribution in [1.29, 1.82) is 0 Å². The van der Waals surface area contributed by atoms with E-state index in [9.17, 15) is 9.59 Å². The average Bonchev–Trinajstić information content (AvgIpc) is 3.48. The van der Waals surface area contributed by atoms with Gasteiger partial charge in [0.15, 0.2) is 0 Å². The summed E-state index contributed by atoms with van der Waals surface area (Å²) in [5.74, 6) is 0.485. The van der Waals surface area contributed by atoms with E-state index < -0.39 is 5.41 Å². The van der Waals surface area contributed by atoms with Gasteiger partial charge in [0.2, 0.25) is 11.8 Å². The number of rotatable bonds is 8. The van der Waals surface area contributed by atoms with Gasteiger partial charge in [0, 0.05) is 31.0 Å². The summed E-state index contributed by atoms with van der Waals surface area (Å²) in [5.41, 5.74) is 1.08. The average molecular weight is 387 g/mol. The molecule has 0 unspecified atom stereocenters. The maximum atomic E-state index is 12.7. The summed E-state index contributed by atoms with van der Waals surface area (Å²) < 4.78 is 0. The monoisotopic (exact) mass is 386 g/mol. The van der Waals surface area contributed by atoms with E-state index >= 15 is 0 Å². The number of hydrogen-bond donors (Lipinski definition) is 2. The van der Waals surface area contributed by atoms with E-state index in [2.05, 4.69) is 39.5 Å². The summed E-state index contributed by atoms with van der Waals surface area (Å²) in [7, 11) is 4.02. The van der Waals surface area contributed by atoms with Crippen LogP contribution in [0.3, 0.4) is 0 Å². The second kappa shape index (κ2) is 8.95. The van der Waals surface area contributed by atoms with Gasteiger partial charge in [-0.1, -0.05) is 6.92 Å². The Balaban J connectivity index is 1.50. The largest absolute Gasteiger partial charge is 0.372 e. The van der Waals surface area contributed by atoms with Crippen molar-refractivity contribution in [2.45, 2.75) is 39.0 Å². The van der Waals surface area contributed by atoms with E-state index in [-0.39, 0.29) is 11.8 Å². The van der Waals surface area contributed by atoms with Crippen LogP contribution in [-0.4, -0.2) is 57.0 Å². The number of anilines is 2. The van der Waals surface area contributed by atoms with Crippen molar-refractivity contribution < 1.29 is 9.59 Å². The highest BCUT2D eigenvalue weighted by Gasteiger charge is 2.56. The van der Waals surface area contributed by atoms with Crippen LogP contribution in [0.5, 0.6) is 0 Å². The maximum absolute atomic E-state index is 12.7. The first-order valence-corrected chi connectivity index (χ1v) is 10.5. The third-order valence-corrected chi connectivity index (χ3v) is 5.96. The molecule has 2 N–H and O–H groups in total. The molecule has 28 heavy (non-hydrogen) atoms. The Bertz CT molecular complexity index is 674. The van der Waals surface area contributed by atoms with Gasteiger partial charge in [-0.05, 0) is 82.9 Å². The van der Waals surface area contributed by atoms with Crippen molar-refractivity contribution in [2.75, 3.05) is 50.5 Å². The minimum absolute atomic E-state index is 0.136. The lowest BCUT2D eigenvalue weighted by atomic mass is 9.99. The number of carbonyl (C=O) groups excluding carboxylic acids is 2. The van der Waals surface area contributed by atoms with Crippen LogP contribution in [0.25, 0.3) is 0 Å². The summed E-state index contributed by atoms with van der Waals surface area (Å²) in [6.45, 7) is 6.01. The number of nitrogens with zero attached hydrogens (tertiary/aromatic N) is 2. The van der Waals surface area contributed by atoms with E-state index in [0.29, 0.717) is 19.4 Å². The second-order valence-electron chi connectivity index (χ2n) is 8.67. The number of amides is 2. The highest BCUT2D eigenvalue weighted by atomic mass is 16.2. The van der Waals surface area contributed by atoms with Gasteiger partial charge in [0.25, 0.3) is 0 Å². The number of nitrogens with one attached hydrogen (secondary N) is 2. The van der Waals surface area contributed by atoms with Gasteiger partial charge in [-0.25, -0.2) is 0 Å². The topological polar surface area (TPSA) is 64.7 Å². The Hall–Kier alpha value is -2.08. The van der Waals surface area contributed by atoms with E-state index in [1.54, 1.807) is 0 Å².